The normalized spacial score (nSPS) is 12.3. The predicted octanol–water partition coefficient (Wildman–Crippen LogP) is 5.06. The summed E-state index contributed by atoms with van der Waals surface area (Å²) in [5.41, 5.74) is 3.14. The van der Waals surface area contributed by atoms with E-state index in [2.05, 4.69) is 29.4 Å². The number of benzene rings is 2. The molecule has 3 rings (SSSR count). The highest BCUT2D eigenvalue weighted by Crippen LogP contribution is 2.29. The Morgan fingerprint density at radius 3 is 2.65 bits per heavy atom. The molecule has 0 saturated heterocycles. The van der Waals surface area contributed by atoms with Gasteiger partial charge in [-0.05, 0) is 30.7 Å². The summed E-state index contributed by atoms with van der Waals surface area (Å²) in [6.07, 6.45) is 1.80. The number of hydrogen-bond acceptors (Lipinski definition) is 2. The van der Waals surface area contributed by atoms with Crippen molar-refractivity contribution < 1.29 is 0 Å². The van der Waals surface area contributed by atoms with Crippen LogP contribution in [0.1, 0.15) is 18.5 Å². The summed E-state index contributed by atoms with van der Waals surface area (Å²) >= 11 is 6.19. The van der Waals surface area contributed by atoms with Gasteiger partial charge in [-0.1, -0.05) is 48.0 Å². The number of halogens is 1. The van der Waals surface area contributed by atoms with Crippen LogP contribution in [0.4, 0.5) is 5.69 Å². The fourth-order valence-corrected chi connectivity index (χ4v) is 2.55. The minimum Gasteiger partial charge on any atom is -0.377 e. The second-order valence-corrected chi connectivity index (χ2v) is 5.24. The third-order valence-corrected chi connectivity index (χ3v) is 3.56. The molecular weight excluding hydrogens is 268 g/mol. The van der Waals surface area contributed by atoms with Gasteiger partial charge >= 0.3 is 0 Å². The van der Waals surface area contributed by atoms with E-state index >= 15 is 0 Å². The van der Waals surface area contributed by atoms with Crippen LogP contribution < -0.4 is 5.32 Å². The molecule has 0 spiro atoms. The standard InChI is InChI=1S/C17H15ClN2/c1-12(13-6-3-2-4-7-13)20-16-11-15(18)10-14-8-5-9-19-17(14)16/h2-12,20H,1H3. The maximum Gasteiger partial charge on any atom is 0.0934 e. The molecule has 0 fully saturated rings. The summed E-state index contributed by atoms with van der Waals surface area (Å²) in [6.45, 7) is 2.13. The summed E-state index contributed by atoms with van der Waals surface area (Å²) in [7, 11) is 0. The van der Waals surface area contributed by atoms with Crippen LogP contribution in [0.2, 0.25) is 5.02 Å². The lowest BCUT2D eigenvalue weighted by atomic mass is 10.1. The first-order valence-electron chi connectivity index (χ1n) is 6.60. The molecule has 2 nitrogen and oxygen atoms in total. The molecule has 1 unspecified atom stereocenters. The zero-order valence-corrected chi connectivity index (χ0v) is 11.9. The molecule has 1 N–H and O–H groups in total. The smallest absolute Gasteiger partial charge is 0.0934 e. The Kier molecular flexibility index (Phi) is 3.57. The van der Waals surface area contributed by atoms with Crippen molar-refractivity contribution in [2.45, 2.75) is 13.0 Å². The molecule has 1 heterocycles. The highest BCUT2D eigenvalue weighted by molar-refractivity contribution is 6.31. The number of fused-ring (bicyclic) bond motifs is 1. The van der Waals surface area contributed by atoms with Crippen LogP contribution in [0.25, 0.3) is 10.9 Å². The molecule has 0 amide bonds. The van der Waals surface area contributed by atoms with E-state index < -0.39 is 0 Å². The number of rotatable bonds is 3. The molecule has 2 aromatic carbocycles. The van der Waals surface area contributed by atoms with Crippen LogP contribution in [-0.2, 0) is 0 Å². The zero-order valence-electron chi connectivity index (χ0n) is 11.2. The van der Waals surface area contributed by atoms with Gasteiger partial charge < -0.3 is 5.32 Å². The van der Waals surface area contributed by atoms with Gasteiger partial charge in [0.2, 0.25) is 0 Å². The topological polar surface area (TPSA) is 24.9 Å². The van der Waals surface area contributed by atoms with Gasteiger partial charge in [0, 0.05) is 22.6 Å². The second kappa shape index (κ2) is 5.51. The van der Waals surface area contributed by atoms with E-state index in [1.165, 1.54) is 5.56 Å². The van der Waals surface area contributed by atoms with E-state index in [1.54, 1.807) is 6.20 Å². The number of anilines is 1. The molecule has 0 aliphatic carbocycles. The van der Waals surface area contributed by atoms with E-state index in [0.29, 0.717) is 5.02 Å². The number of pyridine rings is 1. The first-order chi connectivity index (χ1) is 9.74. The van der Waals surface area contributed by atoms with Gasteiger partial charge in [-0.3, -0.25) is 4.98 Å². The molecule has 0 saturated carbocycles. The highest BCUT2D eigenvalue weighted by atomic mass is 35.5. The minimum atomic E-state index is 0.194. The summed E-state index contributed by atoms with van der Waals surface area (Å²) in [5, 5.41) is 5.26. The largest absolute Gasteiger partial charge is 0.377 e. The Bertz CT molecular complexity index is 725. The number of aromatic nitrogens is 1. The van der Waals surface area contributed by atoms with Crippen molar-refractivity contribution in [3.63, 3.8) is 0 Å². The molecule has 20 heavy (non-hydrogen) atoms. The Labute approximate surface area is 123 Å². The van der Waals surface area contributed by atoms with Gasteiger partial charge in [0.1, 0.15) is 0 Å². The molecule has 100 valence electrons. The zero-order chi connectivity index (χ0) is 13.9. The Morgan fingerprint density at radius 1 is 1.05 bits per heavy atom. The van der Waals surface area contributed by atoms with E-state index in [-0.39, 0.29) is 6.04 Å². The Balaban J connectivity index is 1.98. The Morgan fingerprint density at radius 2 is 1.85 bits per heavy atom. The highest BCUT2D eigenvalue weighted by Gasteiger charge is 2.09. The molecule has 0 radical (unpaired) electrons. The molecule has 3 heteroatoms. The predicted molar refractivity (Wildman–Crippen MR) is 85.2 cm³/mol. The number of nitrogens with zero attached hydrogens (tertiary/aromatic N) is 1. The lowest BCUT2D eigenvalue weighted by molar-refractivity contribution is 0.886. The number of nitrogens with one attached hydrogen (secondary N) is 1. The van der Waals surface area contributed by atoms with Crippen LogP contribution in [0.5, 0.6) is 0 Å². The van der Waals surface area contributed by atoms with E-state index in [1.807, 2.05) is 42.5 Å². The summed E-state index contributed by atoms with van der Waals surface area (Å²) in [6, 6.07) is 18.3. The fraction of sp³-hybridized carbons (Fsp3) is 0.118. The third-order valence-electron chi connectivity index (χ3n) is 3.34. The van der Waals surface area contributed by atoms with E-state index in [0.717, 1.165) is 16.6 Å². The summed E-state index contributed by atoms with van der Waals surface area (Å²) in [5.74, 6) is 0. The first-order valence-corrected chi connectivity index (χ1v) is 6.97. The maximum absolute atomic E-state index is 6.19. The van der Waals surface area contributed by atoms with Gasteiger partial charge in [0.15, 0.2) is 0 Å². The van der Waals surface area contributed by atoms with Crippen molar-refractivity contribution in [1.82, 2.24) is 4.98 Å². The van der Waals surface area contributed by atoms with Crippen LogP contribution in [0.15, 0.2) is 60.8 Å². The SMILES string of the molecule is CC(Nc1cc(Cl)cc2cccnc12)c1ccccc1. The molecule has 3 aromatic rings. The summed E-state index contributed by atoms with van der Waals surface area (Å²) < 4.78 is 0. The first kappa shape index (κ1) is 12.9. The fourth-order valence-electron chi connectivity index (χ4n) is 2.32. The number of hydrogen-bond donors (Lipinski definition) is 1. The van der Waals surface area contributed by atoms with Crippen molar-refractivity contribution in [2.24, 2.45) is 0 Å². The average molecular weight is 283 g/mol. The molecule has 0 aliphatic heterocycles. The van der Waals surface area contributed by atoms with Gasteiger partial charge in [-0.15, -0.1) is 0 Å². The quantitative estimate of drug-likeness (QED) is 0.726. The lowest BCUT2D eigenvalue weighted by Gasteiger charge is -2.17. The molecule has 0 bridgehead atoms. The van der Waals surface area contributed by atoms with Gasteiger partial charge in [0.05, 0.1) is 11.2 Å². The van der Waals surface area contributed by atoms with Crippen molar-refractivity contribution in [3.05, 3.63) is 71.4 Å². The second-order valence-electron chi connectivity index (χ2n) is 4.81. The van der Waals surface area contributed by atoms with Crippen LogP contribution in [-0.4, -0.2) is 4.98 Å². The molecule has 0 aliphatic rings. The molecule has 1 atom stereocenters. The van der Waals surface area contributed by atoms with Crippen molar-refractivity contribution >= 4 is 28.2 Å². The van der Waals surface area contributed by atoms with Gasteiger partial charge in [0.25, 0.3) is 0 Å². The monoisotopic (exact) mass is 282 g/mol. The van der Waals surface area contributed by atoms with Gasteiger partial charge in [-0.2, -0.15) is 0 Å². The maximum atomic E-state index is 6.19. The van der Waals surface area contributed by atoms with Crippen molar-refractivity contribution in [1.29, 1.82) is 0 Å². The average Bonchev–Trinajstić information content (AvgIpc) is 2.48. The molecular formula is C17H15ClN2. The van der Waals surface area contributed by atoms with E-state index in [4.69, 9.17) is 11.6 Å². The lowest BCUT2D eigenvalue weighted by Crippen LogP contribution is -2.07. The van der Waals surface area contributed by atoms with Crippen LogP contribution in [0, 0.1) is 0 Å². The summed E-state index contributed by atoms with van der Waals surface area (Å²) in [4.78, 5) is 4.45. The third kappa shape index (κ3) is 2.61. The van der Waals surface area contributed by atoms with Crippen LogP contribution in [0.3, 0.4) is 0 Å². The van der Waals surface area contributed by atoms with Crippen molar-refractivity contribution in [2.75, 3.05) is 5.32 Å². The molecule has 1 aromatic heterocycles. The minimum absolute atomic E-state index is 0.194. The van der Waals surface area contributed by atoms with Crippen molar-refractivity contribution in [3.8, 4) is 0 Å². The Hall–Kier alpha value is -2.06. The van der Waals surface area contributed by atoms with Crippen LogP contribution >= 0.6 is 11.6 Å². The van der Waals surface area contributed by atoms with Gasteiger partial charge in [-0.25, -0.2) is 0 Å². The van der Waals surface area contributed by atoms with E-state index in [9.17, 15) is 0 Å².